The molecule has 3 aromatic rings. The second-order valence-electron chi connectivity index (χ2n) is 6.41. The van der Waals surface area contributed by atoms with E-state index in [1.165, 1.54) is 10.6 Å². The monoisotopic (exact) mass is 381 g/mol. The van der Waals surface area contributed by atoms with Crippen LogP contribution in [0.3, 0.4) is 0 Å². The summed E-state index contributed by atoms with van der Waals surface area (Å²) in [6.45, 7) is 4.07. The normalized spacial score (nSPS) is 10.6. The molecule has 0 bridgehead atoms. The molecule has 2 aromatic carbocycles. The number of amides is 1. The summed E-state index contributed by atoms with van der Waals surface area (Å²) in [5.41, 5.74) is 3.22. The van der Waals surface area contributed by atoms with Crippen molar-refractivity contribution in [2.75, 3.05) is 0 Å². The van der Waals surface area contributed by atoms with Crippen molar-refractivity contribution in [1.29, 1.82) is 0 Å². The minimum atomic E-state index is -0.266. The van der Waals surface area contributed by atoms with Gasteiger partial charge in [-0.1, -0.05) is 41.4 Å². The van der Waals surface area contributed by atoms with Gasteiger partial charge in [0.25, 0.3) is 5.56 Å². The molecule has 0 atom stereocenters. The number of halogens is 1. The number of nitrogens with zero attached hydrogens (tertiary/aromatic N) is 2. The highest BCUT2D eigenvalue weighted by molar-refractivity contribution is 6.30. The molecule has 1 heterocycles. The number of carbonyl (C=O) groups is 1. The molecular formula is C21H20ClN3O2. The van der Waals surface area contributed by atoms with E-state index < -0.39 is 0 Å². The second kappa shape index (κ2) is 8.18. The van der Waals surface area contributed by atoms with Crippen molar-refractivity contribution in [3.8, 4) is 11.4 Å². The van der Waals surface area contributed by atoms with Gasteiger partial charge < -0.3 is 5.32 Å². The summed E-state index contributed by atoms with van der Waals surface area (Å²) in [6.07, 6.45) is 0. The van der Waals surface area contributed by atoms with Crippen LogP contribution in [0.25, 0.3) is 11.4 Å². The van der Waals surface area contributed by atoms with Crippen LogP contribution in [0.2, 0.25) is 5.02 Å². The third-order valence-corrected chi connectivity index (χ3v) is 4.40. The Kier molecular flexibility index (Phi) is 5.72. The van der Waals surface area contributed by atoms with Gasteiger partial charge in [0, 0.05) is 28.9 Å². The van der Waals surface area contributed by atoms with E-state index in [-0.39, 0.29) is 18.0 Å². The van der Waals surface area contributed by atoms with Gasteiger partial charge in [-0.3, -0.25) is 14.2 Å². The molecule has 0 aliphatic carbocycles. The third-order valence-electron chi connectivity index (χ3n) is 4.15. The first kappa shape index (κ1) is 18.9. The molecule has 0 unspecified atom stereocenters. The van der Waals surface area contributed by atoms with Crippen molar-refractivity contribution in [2.45, 2.75) is 26.9 Å². The predicted molar refractivity (Wildman–Crippen MR) is 107 cm³/mol. The maximum atomic E-state index is 12.5. The lowest BCUT2D eigenvalue weighted by Crippen LogP contribution is -2.33. The van der Waals surface area contributed by atoms with Gasteiger partial charge in [0.15, 0.2) is 0 Å². The summed E-state index contributed by atoms with van der Waals surface area (Å²) < 4.78 is 1.38. The Morgan fingerprint density at radius 2 is 1.74 bits per heavy atom. The summed E-state index contributed by atoms with van der Waals surface area (Å²) >= 11 is 5.94. The molecule has 138 valence electrons. The highest BCUT2D eigenvalue weighted by Crippen LogP contribution is 2.19. The summed E-state index contributed by atoms with van der Waals surface area (Å²) in [4.78, 5) is 29.3. The van der Waals surface area contributed by atoms with Gasteiger partial charge in [-0.05, 0) is 43.7 Å². The molecule has 1 aromatic heterocycles. The molecule has 0 saturated heterocycles. The van der Waals surface area contributed by atoms with E-state index in [1.807, 2.05) is 31.2 Å². The molecule has 0 aliphatic heterocycles. The standard InChI is InChI=1S/C21H20ClN3O2/c1-14-3-5-16(6-4-14)12-23-19(26)13-25-20(27)11-15(2)24-21(25)17-7-9-18(22)10-8-17/h3-11H,12-13H2,1-2H3,(H,23,26). The molecular weight excluding hydrogens is 362 g/mol. The van der Waals surface area contributed by atoms with Gasteiger partial charge >= 0.3 is 0 Å². The van der Waals surface area contributed by atoms with E-state index in [9.17, 15) is 9.59 Å². The lowest BCUT2D eigenvalue weighted by molar-refractivity contribution is -0.121. The van der Waals surface area contributed by atoms with E-state index in [0.29, 0.717) is 23.1 Å². The van der Waals surface area contributed by atoms with Crippen LogP contribution < -0.4 is 10.9 Å². The molecule has 0 saturated carbocycles. The Balaban J connectivity index is 1.81. The molecule has 0 radical (unpaired) electrons. The molecule has 0 spiro atoms. The number of benzene rings is 2. The average molecular weight is 382 g/mol. The minimum Gasteiger partial charge on any atom is -0.350 e. The van der Waals surface area contributed by atoms with Crippen LogP contribution in [0.1, 0.15) is 16.8 Å². The Morgan fingerprint density at radius 3 is 2.41 bits per heavy atom. The molecule has 0 aliphatic rings. The highest BCUT2D eigenvalue weighted by atomic mass is 35.5. The van der Waals surface area contributed by atoms with E-state index in [1.54, 1.807) is 31.2 Å². The first-order chi connectivity index (χ1) is 12.9. The fraction of sp³-hybridized carbons (Fsp3) is 0.190. The summed E-state index contributed by atoms with van der Waals surface area (Å²) in [5, 5.41) is 3.44. The summed E-state index contributed by atoms with van der Waals surface area (Å²) in [5.74, 6) is 0.195. The SMILES string of the molecule is Cc1ccc(CNC(=O)Cn2c(-c3ccc(Cl)cc3)nc(C)cc2=O)cc1. The topological polar surface area (TPSA) is 64.0 Å². The molecule has 3 rings (SSSR count). The van der Waals surface area contributed by atoms with E-state index in [0.717, 1.165) is 16.7 Å². The van der Waals surface area contributed by atoms with E-state index >= 15 is 0 Å². The first-order valence-corrected chi connectivity index (χ1v) is 8.97. The number of rotatable bonds is 5. The van der Waals surface area contributed by atoms with Crippen LogP contribution in [0.5, 0.6) is 0 Å². The Bertz CT molecular complexity index is 1010. The molecule has 1 amide bonds. The molecule has 0 fully saturated rings. The van der Waals surface area contributed by atoms with Crippen LogP contribution >= 0.6 is 11.6 Å². The molecule has 1 N–H and O–H groups in total. The number of hydrogen-bond donors (Lipinski definition) is 1. The minimum absolute atomic E-state index is 0.101. The van der Waals surface area contributed by atoms with Crippen molar-refractivity contribution >= 4 is 17.5 Å². The van der Waals surface area contributed by atoms with Gasteiger partial charge in [-0.2, -0.15) is 0 Å². The van der Waals surface area contributed by atoms with Crippen LogP contribution in [0.4, 0.5) is 0 Å². The van der Waals surface area contributed by atoms with Crippen LogP contribution in [-0.4, -0.2) is 15.5 Å². The zero-order chi connectivity index (χ0) is 19.4. The van der Waals surface area contributed by atoms with Gasteiger partial charge in [-0.15, -0.1) is 0 Å². The average Bonchev–Trinajstić information content (AvgIpc) is 2.64. The predicted octanol–water partition coefficient (Wildman–Crippen LogP) is 3.50. The molecule has 6 heteroatoms. The summed E-state index contributed by atoms with van der Waals surface area (Å²) in [7, 11) is 0. The van der Waals surface area contributed by atoms with Crippen molar-refractivity contribution in [3.05, 3.63) is 86.8 Å². The molecule has 27 heavy (non-hydrogen) atoms. The Morgan fingerprint density at radius 1 is 1.07 bits per heavy atom. The van der Waals surface area contributed by atoms with Crippen molar-refractivity contribution in [3.63, 3.8) is 0 Å². The number of aryl methyl sites for hydroxylation is 2. The number of carbonyl (C=O) groups excluding carboxylic acids is 1. The van der Waals surface area contributed by atoms with Gasteiger partial charge in [0.05, 0.1) is 0 Å². The fourth-order valence-electron chi connectivity index (χ4n) is 2.70. The maximum absolute atomic E-state index is 12.5. The summed E-state index contributed by atoms with van der Waals surface area (Å²) in [6, 6.07) is 16.4. The zero-order valence-corrected chi connectivity index (χ0v) is 16.0. The van der Waals surface area contributed by atoms with E-state index in [2.05, 4.69) is 10.3 Å². The quantitative estimate of drug-likeness (QED) is 0.735. The maximum Gasteiger partial charge on any atom is 0.254 e. The van der Waals surface area contributed by atoms with Crippen LogP contribution in [-0.2, 0) is 17.9 Å². The van der Waals surface area contributed by atoms with E-state index in [4.69, 9.17) is 11.6 Å². The number of hydrogen-bond acceptors (Lipinski definition) is 3. The van der Waals surface area contributed by atoms with Gasteiger partial charge in [-0.25, -0.2) is 4.98 Å². The Labute approximate surface area is 162 Å². The Hall–Kier alpha value is -2.92. The van der Waals surface area contributed by atoms with Crippen molar-refractivity contribution in [1.82, 2.24) is 14.9 Å². The first-order valence-electron chi connectivity index (χ1n) is 8.59. The van der Waals surface area contributed by atoms with Gasteiger partial charge in [0.2, 0.25) is 5.91 Å². The lowest BCUT2D eigenvalue weighted by Gasteiger charge is -2.13. The largest absolute Gasteiger partial charge is 0.350 e. The number of nitrogens with one attached hydrogen (secondary N) is 1. The lowest BCUT2D eigenvalue weighted by atomic mass is 10.1. The smallest absolute Gasteiger partial charge is 0.254 e. The van der Waals surface area contributed by atoms with Crippen LogP contribution in [0, 0.1) is 13.8 Å². The van der Waals surface area contributed by atoms with Gasteiger partial charge in [0.1, 0.15) is 12.4 Å². The third kappa shape index (κ3) is 4.83. The van der Waals surface area contributed by atoms with Crippen molar-refractivity contribution < 1.29 is 4.79 Å². The zero-order valence-electron chi connectivity index (χ0n) is 15.2. The second-order valence-corrected chi connectivity index (χ2v) is 6.85. The van der Waals surface area contributed by atoms with Crippen molar-refractivity contribution in [2.24, 2.45) is 0 Å². The molecule has 5 nitrogen and oxygen atoms in total. The van der Waals surface area contributed by atoms with Crippen LogP contribution in [0.15, 0.2) is 59.4 Å². The number of aromatic nitrogens is 2. The highest BCUT2D eigenvalue weighted by Gasteiger charge is 2.13. The fourth-order valence-corrected chi connectivity index (χ4v) is 2.82.